The predicted octanol–water partition coefficient (Wildman–Crippen LogP) is 5.50. The molecule has 29 heavy (non-hydrogen) atoms. The molecule has 0 N–H and O–H groups in total. The second-order valence-electron chi connectivity index (χ2n) is 6.64. The Hall–Kier alpha value is -3.25. The number of thioether (sulfide) groups is 1. The summed E-state index contributed by atoms with van der Waals surface area (Å²) in [7, 11) is 3.36. The summed E-state index contributed by atoms with van der Waals surface area (Å²) in [5.74, 6) is 2.00. The van der Waals surface area contributed by atoms with Gasteiger partial charge in [-0.3, -0.25) is 9.69 Å². The summed E-state index contributed by atoms with van der Waals surface area (Å²) in [5.41, 5.74) is 2.90. The number of nitrogens with zero attached hydrogens (tertiary/aromatic N) is 2. The van der Waals surface area contributed by atoms with Crippen molar-refractivity contribution < 1.29 is 13.9 Å². The molecule has 1 saturated heterocycles. The number of benzene rings is 2. The second-order valence-corrected chi connectivity index (χ2v) is 7.65. The Labute approximate surface area is 173 Å². The largest absolute Gasteiger partial charge is 0.497 e. The van der Waals surface area contributed by atoms with Gasteiger partial charge in [-0.2, -0.15) is 0 Å². The Morgan fingerprint density at radius 1 is 1.10 bits per heavy atom. The molecule has 1 aromatic heterocycles. The van der Waals surface area contributed by atoms with Crippen molar-refractivity contribution in [1.82, 2.24) is 4.90 Å². The third-order valence-electron chi connectivity index (χ3n) is 4.52. The van der Waals surface area contributed by atoms with Gasteiger partial charge in [0.2, 0.25) is 0 Å². The number of carbonyl (C=O) groups excluding carboxylic acids is 1. The van der Waals surface area contributed by atoms with E-state index in [1.54, 1.807) is 25.1 Å². The van der Waals surface area contributed by atoms with E-state index in [-0.39, 0.29) is 5.91 Å². The lowest BCUT2D eigenvalue weighted by molar-refractivity contribution is -0.121. The number of likely N-dealkylation sites (N-methyl/N-ethyl adjacent to an activating group) is 1. The average Bonchev–Trinajstić information content (AvgIpc) is 3.31. The fraction of sp³-hybridized carbons (Fsp3) is 0.130. The number of furan rings is 1. The predicted molar refractivity (Wildman–Crippen MR) is 117 cm³/mol. The molecule has 0 saturated carbocycles. The van der Waals surface area contributed by atoms with Crippen LogP contribution in [0, 0.1) is 6.92 Å². The molecule has 1 fully saturated rings. The van der Waals surface area contributed by atoms with Gasteiger partial charge in [-0.25, -0.2) is 4.99 Å². The SMILES string of the molecule is COc1cccc(-c2ccc(C=C3SC(=Nc4ccc(C)cc4)N(C)C3=O)o2)c1. The van der Waals surface area contributed by atoms with Gasteiger partial charge in [0.1, 0.15) is 17.3 Å². The minimum Gasteiger partial charge on any atom is -0.497 e. The van der Waals surface area contributed by atoms with Crippen LogP contribution >= 0.6 is 11.8 Å². The second kappa shape index (κ2) is 8.01. The van der Waals surface area contributed by atoms with Crippen LogP contribution in [0.3, 0.4) is 0 Å². The first-order valence-electron chi connectivity index (χ1n) is 9.11. The summed E-state index contributed by atoms with van der Waals surface area (Å²) in [6.07, 6.45) is 1.75. The molecule has 0 radical (unpaired) electrons. The van der Waals surface area contributed by atoms with Gasteiger partial charge in [-0.1, -0.05) is 29.8 Å². The molecule has 2 aromatic carbocycles. The Kier molecular flexibility index (Phi) is 5.27. The van der Waals surface area contributed by atoms with E-state index < -0.39 is 0 Å². The number of hydrogen-bond donors (Lipinski definition) is 0. The van der Waals surface area contributed by atoms with Crippen LogP contribution in [-0.2, 0) is 4.79 Å². The average molecular weight is 404 g/mol. The maximum absolute atomic E-state index is 12.6. The highest BCUT2D eigenvalue weighted by atomic mass is 32.2. The molecular weight excluding hydrogens is 384 g/mol. The molecule has 6 heteroatoms. The van der Waals surface area contributed by atoms with E-state index in [1.165, 1.54) is 17.3 Å². The van der Waals surface area contributed by atoms with E-state index in [0.717, 1.165) is 17.0 Å². The molecule has 5 nitrogen and oxygen atoms in total. The molecule has 3 aromatic rings. The monoisotopic (exact) mass is 404 g/mol. The molecule has 0 aliphatic carbocycles. The quantitative estimate of drug-likeness (QED) is 0.539. The number of methoxy groups -OCH3 is 1. The first kappa shape index (κ1) is 19.1. The molecular formula is C23H20N2O3S. The third-order valence-corrected chi connectivity index (χ3v) is 5.58. The highest BCUT2D eigenvalue weighted by Crippen LogP contribution is 2.34. The minimum atomic E-state index is -0.0970. The van der Waals surface area contributed by atoms with Gasteiger partial charge >= 0.3 is 0 Å². The van der Waals surface area contributed by atoms with E-state index >= 15 is 0 Å². The maximum atomic E-state index is 12.6. The van der Waals surface area contributed by atoms with E-state index in [9.17, 15) is 4.79 Å². The number of aryl methyl sites for hydroxylation is 1. The van der Waals surface area contributed by atoms with Crippen molar-refractivity contribution in [2.45, 2.75) is 6.92 Å². The summed E-state index contributed by atoms with van der Waals surface area (Å²) < 4.78 is 11.2. The van der Waals surface area contributed by atoms with Gasteiger partial charge in [0.05, 0.1) is 17.7 Å². The lowest BCUT2D eigenvalue weighted by atomic mass is 10.2. The van der Waals surface area contributed by atoms with E-state index in [1.807, 2.05) is 67.6 Å². The Balaban J connectivity index is 1.58. The molecule has 2 heterocycles. The number of hydrogen-bond acceptors (Lipinski definition) is 5. The number of amidine groups is 1. The van der Waals surface area contributed by atoms with Crippen molar-refractivity contribution in [3.05, 3.63) is 76.9 Å². The van der Waals surface area contributed by atoms with E-state index in [0.29, 0.717) is 21.6 Å². The van der Waals surface area contributed by atoms with Crippen molar-refractivity contribution in [3.8, 4) is 17.1 Å². The van der Waals surface area contributed by atoms with Crippen molar-refractivity contribution in [3.63, 3.8) is 0 Å². The molecule has 0 unspecified atom stereocenters. The van der Waals surface area contributed by atoms with Crippen LogP contribution in [0.15, 0.2) is 75.0 Å². The smallest absolute Gasteiger partial charge is 0.266 e. The van der Waals surface area contributed by atoms with Crippen LogP contribution in [0.4, 0.5) is 5.69 Å². The fourth-order valence-electron chi connectivity index (χ4n) is 2.87. The normalized spacial score (nSPS) is 16.8. The Morgan fingerprint density at radius 2 is 1.90 bits per heavy atom. The van der Waals surface area contributed by atoms with Gasteiger partial charge in [-0.15, -0.1) is 0 Å². The van der Waals surface area contributed by atoms with E-state index in [2.05, 4.69) is 4.99 Å². The zero-order valence-corrected chi connectivity index (χ0v) is 17.2. The van der Waals surface area contributed by atoms with E-state index in [4.69, 9.17) is 9.15 Å². The summed E-state index contributed by atoms with van der Waals surface area (Å²) in [5, 5.41) is 0.643. The van der Waals surface area contributed by atoms with Crippen molar-refractivity contribution in [1.29, 1.82) is 0 Å². The Bertz CT molecular complexity index is 1110. The van der Waals surface area contributed by atoms with Crippen LogP contribution in [0.1, 0.15) is 11.3 Å². The zero-order valence-electron chi connectivity index (χ0n) is 16.4. The van der Waals surface area contributed by atoms with Crippen LogP contribution < -0.4 is 4.74 Å². The van der Waals surface area contributed by atoms with Gasteiger partial charge in [-0.05, 0) is 55.1 Å². The Morgan fingerprint density at radius 3 is 2.66 bits per heavy atom. The standard InChI is InChI=1S/C23H20N2O3S/c1-15-7-9-17(10-8-15)24-23-25(2)22(26)21(29-23)14-19-11-12-20(28-19)16-5-4-6-18(13-16)27-3/h4-14H,1-3H3. The number of aliphatic imine (C=N–C) groups is 1. The first-order valence-corrected chi connectivity index (χ1v) is 9.92. The van der Waals surface area contributed by atoms with Crippen LogP contribution in [0.25, 0.3) is 17.4 Å². The molecule has 4 rings (SSSR count). The topological polar surface area (TPSA) is 55.0 Å². The van der Waals surface area contributed by atoms with Crippen molar-refractivity contribution >= 4 is 34.6 Å². The summed E-state index contributed by atoms with van der Waals surface area (Å²) in [4.78, 5) is 19.3. The van der Waals surface area contributed by atoms with Gasteiger partial charge in [0.15, 0.2) is 5.17 Å². The molecule has 146 valence electrons. The first-order chi connectivity index (χ1) is 14.0. The minimum absolute atomic E-state index is 0.0970. The highest BCUT2D eigenvalue weighted by molar-refractivity contribution is 8.18. The maximum Gasteiger partial charge on any atom is 0.266 e. The van der Waals surface area contributed by atoms with Gasteiger partial charge < -0.3 is 9.15 Å². The van der Waals surface area contributed by atoms with Crippen LogP contribution in [0.2, 0.25) is 0 Å². The number of ether oxygens (including phenoxy) is 1. The zero-order chi connectivity index (χ0) is 20.4. The molecule has 1 aliphatic heterocycles. The van der Waals surface area contributed by atoms with Crippen LogP contribution in [0.5, 0.6) is 5.75 Å². The number of amides is 1. The van der Waals surface area contributed by atoms with Crippen molar-refractivity contribution in [2.24, 2.45) is 4.99 Å². The molecule has 0 atom stereocenters. The summed E-state index contributed by atoms with van der Waals surface area (Å²) in [6, 6.07) is 19.3. The summed E-state index contributed by atoms with van der Waals surface area (Å²) in [6.45, 7) is 2.03. The number of rotatable bonds is 4. The number of carbonyl (C=O) groups is 1. The van der Waals surface area contributed by atoms with Crippen LogP contribution in [-0.4, -0.2) is 30.1 Å². The van der Waals surface area contributed by atoms with Gasteiger partial charge in [0.25, 0.3) is 5.91 Å². The fourth-order valence-corrected chi connectivity index (χ4v) is 3.84. The molecule has 1 amide bonds. The highest BCUT2D eigenvalue weighted by Gasteiger charge is 2.30. The lowest BCUT2D eigenvalue weighted by Gasteiger charge is -2.07. The van der Waals surface area contributed by atoms with Gasteiger partial charge in [0, 0.05) is 18.7 Å². The molecule has 1 aliphatic rings. The lowest BCUT2D eigenvalue weighted by Crippen LogP contribution is -2.23. The molecule has 0 bridgehead atoms. The summed E-state index contributed by atoms with van der Waals surface area (Å²) >= 11 is 1.34. The van der Waals surface area contributed by atoms with Crippen molar-refractivity contribution in [2.75, 3.05) is 14.2 Å². The molecule has 0 spiro atoms. The third kappa shape index (κ3) is 4.12.